The largest absolute Gasteiger partial charge is 0.367 e. The minimum atomic E-state index is 0.589. The highest BCUT2D eigenvalue weighted by Gasteiger charge is 2.47. The molecule has 0 bridgehead atoms. The zero-order chi connectivity index (χ0) is 17.5. The maximum atomic E-state index is 2.85. The molecule has 3 rings (SSSR count). The molecule has 0 amide bonds. The highest BCUT2D eigenvalue weighted by atomic mass is 15.2. The molecular weight excluding hydrogens is 290 g/mol. The van der Waals surface area contributed by atoms with Gasteiger partial charge in [0.15, 0.2) is 0 Å². The van der Waals surface area contributed by atoms with E-state index in [0.29, 0.717) is 23.3 Å². The fourth-order valence-corrected chi connectivity index (χ4v) is 5.27. The first-order chi connectivity index (χ1) is 11.3. The lowest BCUT2D eigenvalue weighted by molar-refractivity contribution is 0.316. The Morgan fingerprint density at radius 2 is 1.46 bits per heavy atom. The Morgan fingerprint density at radius 1 is 0.917 bits per heavy atom. The number of rotatable bonds is 4. The van der Waals surface area contributed by atoms with E-state index in [1.54, 1.807) is 16.8 Å². The number of nitrogens with zero attached hydrogens (tertiary/aromatic N) is 1. The second-order valence-corrected chi connectivity index (χ2v) is 9.44. The van der Waals surface area contributed by atoms with Crippen molar-refractivity contribution in [3.05, 3.63) is 29.3 Å². The van der Waals surface area contributed by atoms with Crippen molar-refractivity contribution in [2.24, 2.45) is 11.3 Å². The van der Waals surface area contributed by atoms with Gasteiger partial charge < -0.3 is 4.90 Å². The average Bonchev–Trinajstić information content (AvgIpc) is 3.14. The molecule has 0 N–H and O–H groups in total. The van der Waals surface area contributed by atoms with E-state index in [-0.39, 0.29) is 0 Å². The van der Waals surface area contributed by atoms with Crippen LogP contribution in [0.1, 0.15) is 96.6 Å². The number of anilines is 1. The van der Waals surface area contributed by atoms with Crippen LogP contribution in [0.25, 0.3) is 0 Å². The molecule has 1 atom stereocenters. The van der Waals surface area contributed by atoms with E-state index in [1.807, 2.05) is 0 Å². The molecule has 2 aliphatic rings. The zero-order valence-corrected chi connectivity index (χ0v) is 16.7. The van der Waals surface area contributed by atoms with Gasteiger partial charge in [0.1, 0.15) is 0 Å². The van der Waals surface area contributed by atoms with E-state index < -0.39 is 0 Å². The summed E-state index contributed by atoms with van der Waals surface area (Å²) in [5.74, 6) is 1.91. The molecule has 1 aliphatic carbocycles. The van der Waals surface area contributed by atoms with E-state index in [0.717, 1.165) is 5.92 Å². The van der Waals surface area contributed by atoms with Crippen molar-refractivity contribution in [1.29, 1.82) is 0 Å². The van der Waals surface area contributed by atoms with Crippen molar-refractivity contribution in [2.75, 3.05) is 11.4 Å². The van der Waals surface area contributed by atoms with E-state index in [9.17, 15) is 0 Å². The smallest absolute Gasteiger partial charge is 0.0439 e. The summed E-state index contributed by atoms with van der Waals surface area (Å²) >= 11 is 0. The highest BCUT2D eigenvalue weighted by molar-refractivity contribution is 5.63. The Labute approximate surface area is 149 Å². The van der Waals surface area contributed by atoms with Gasteiger partial charge in [0.25, 0.3) is 0 Å². The predicted octanol–water partition coefficient (Wildman–Crippen LogP) is 6.73. The van der Waals surface area contributed by atoms with Crippen LogP contribution in [0.5, 0.6) is 0 Å². The molecule has 0 unspecified atom stereocenters. The summed E-state index contributed by atoms with van der Waals surface area (Å²) in [5, 5.41) is 0. The van der Waals surface area contributed by atoms with E-state index >= 15 is 0 Å². The SMILES string of the molecule is CC(C)c1cccc(C(C)C)c1N1CC2(CCCC2)C[C@@H]1C(C)C. The third kappa shape index (κ3) is 3.11. The number of para-hydroxylation sites is 1. The van der Waals surface area contributed by atoms with Gasteiger partial charge in [-0.05, 0) is 53.6 Å². The minimum Gasteiger partial charge on any atom is -0.367 e. The lowest BCUT2D eigenvalue weighted by atomic mass is 9.82. The fourth-order valence-electron chi connectivity index (χ4n) is 5.27. The number of benzene rings is 1. The molecule has 1 aromatic rings. The van der Waals surface area contributed by atoms with Gasteiger partial charge in [-0.15, -0.1) is 0 Å². The van der Waals surface area contributed by atoms with E-state index in [1.165, 1.54) is 38.6 Å². The number of hydrogen-bond donors (Lipinski definition) is 0. The molecule has 1 aliphatic heterocycles. The Bertz CT molecular complexity index is 537. The first kappa shape index (κ1) is 17.8. The Balaban J connectivity index is 2.08. The summed E-state index contributed by atoms with van der Waals surface area (Å²) in [6.45, 7) is 15.6. The van der Waals surface area contributed by atoms with Crippen molar-refractivity contribution in [1.82, 2.24) is 0 Å². The Hall–Kier alpha value is -0.980. The molecule has 1 heteroatoms. The second-order valence-electron chi connectivity index (χ2n) is 9.44. The molecular formula is C23H37N. The van der Waals surface area contributed by atoms with Gasteiger partial charge >= 0.3 is 0 Å². The van der Waals surface area contributed by atoms with Crippen LogP contribution in [-0.2, 0) is 0 Å². The summed E-state index contributed by atoms with van der Waals surface area (Å²) < 4.78 is 0. The summed E-state index contributed by atoms with van der Waals surface area (Å²) in [6.07, 6.45) is 7.21. The van der Waals surface area contributed by atoms with Gasteiger partial charge in [0.05, 0.1) is 0 Å². The third-order valence-electron chi connectivity index (χ3n) is 6.61. The summed E-state index contributed by atoms with van der Waals surface area (Å²) in [4.78, 5) is 2.85. The normalized spacial score (nSPS) is 23.4. The quantitative estimate of drug-likeness (QED) is 0.592. The van der Waals surface area contributed by atoms with Crippen LogP contribution in [0.15, 0.2) is 18.2 Å². The molecule has 1 heterocycles. The van der Waals surface area contributed by atoms with Crippen molar-refractivity contribution in [2.45, 2.75) is 91.5 Å². The van der Waals surface area contributed by atoms with Crippen LogP contribution in [-0.4, -0.2) is 12.6 Å². The van der Waals surface area contributed by atoms with Crippen molar-refractivity contribution >= 4 is 5.69 Å². The standard InChI is InChI=1S/C23H37N/c1-16(2)19-10-9-11-20(17(3)4)22(19)24-15-23(12-7-8-13-23)14-21(24)18(5)6/h9-11,16-18,21H,7-8,12-15H2,1-6H3/t21-/m1/s1. The molecule has 2 fully saturated rings. The van der Waals surface area contributed by atoms with Gasteiger partial charge in [0.2, 0.25) is 0 Å². The molecule has 1 saturated carbocycles. The van der Waals surface area contributed by atoms with Gasteiger partial charge in [-0.2, -0.15) is 0 Å². The molecule has 1 nitrogen and oxygen atoms in total. The molecule has 134 valence electrons. The first-order valence-corrected chi connectivity index (χ1v) is 10.2. The zero-order valence-electron chi connectivity index (χ0n) is 16.7. The van der Waals surface area contributed by atoms with Crippen molar-refractivity contribution in [3.63, 3.8) is 0 Å². The van der Waals surface area contributed by atoms with E-state index in [2.05, 4.69) is 64.6 Å². The predicted molar refractivity (Wildman–Crippen MR) is 106 cm³/mol. The topological polar surface area (TPSA) is 3.24 Å². The van der Waals surface area contributed by atoms with Crippen LogP contribution in [0, 0.1) is 11.3 Å². The monoisotopic (exact) mass is 327 g/mol. The second kappa shape index (κ2) is 6.73. The fraction of sp³-hybridized carbons (Fsp3) is 0.739. The Morgan fingerprint density at radius 3 is 1.92 bits per heavy atom. The van der Waals surface area contributed by atoms with Crippen LogP contribution in [0.2, 0.25) is 0 Å². The molecule has 1 aromatic carbocycles. The third-order valence-corrected chi connectivity index (χ3v) is 6.61. The summed E-state index contributed by atoms with van der Waals surface area (Å²) in [5.41, 5.74) is 5.31. The van der Waals surface area contributed by atoms with Gasteiger partial charge in [-0.25, -0.2) is 0 Å². The minimum absolute atomic E-state index is 0.589. The van der Waals surface area contributed by atoms with Gasteiger partial charge in [-0.3, -0.25) is 0 Å². The lowest BCUT2D eigenvalue weighted by Crippen LogP contribution is -2.35. The average molecular weight is 328 g/mol. The van der Waals surface area contributed by atoms with Gasteiger partial charge in [0, 0.05) is 18.3 Å². The van der Waals surface area contributed by atoms with Crippen LogP contribution < -0.4 is 4.90 Å². The van der Waals surface area contributed by atoms with Gasteiger partial charge in [-0.1, -0.05) is 72.6 Å². The highest BCUT2D eigenvalue weighted by Crippen LogP contribution is 2.52. The first-order valence-electron chi connectivity index (χ1n) is 10.2. The molecule has 0 aromatic heterocycles. The maximum Gasteiger partial charge on any atom is 0.0439 e. The summed E-state index contributed by atoms with van der Waals surface area (Å²) in [7, 11) is 0. The van der Waals surface area contributed by atoms with Crippen molar-refractivity contribution in [3.8, 4) is 0 Å². The molecule has 0 radical (unpaired) electrons. The lowest BCUT2D eigenvalue weighted by Gasteiger charge is -2.35. The van der Waals surface area contributed by atoms with Crippen LogP contribution in [0.4, 0.5) is 5.69 Å². The van der Waals surface area contributed by atoms with Crippen LogP contribution >= 0.6 is 0 Å². The van der Waals surface area contributed by atoms with Crippen LogP contribution in [0.3, 0.4) is 0 Å². The maximum absolute atomic E-state index is 2.85. The molecule has 1 saturated heterocycles. The molecule has 1 spiro atoms. The van der Waals surface area contributed by atoms with Crippen molar-refractivity contribution < 1.29 is 0 Å². The van der Waals surface area contributed by atoms with E-state index in [4.69, 9.17) is 0 Å². The number of hydrogen-bond acceptors (Lipinski definition) is 1. The summed E-state index contributed by atoms with van der Waals surface area (Å²) in [6, 6.07) is 7.74. The molecule has 24 heavy (non-hydrogen) atoms. The Kier molecular flexibility index (Phi) is 5.00.